The molecule has 1 heterocycles. The lowest BCUT2D eigenvalue weighted by Gasteiger charge is -2.32. The normalized spacial score (nSPS) is 30.6. The second kappa shape index (κ2) is 4.53. The number of nitrogens with two attached hydrogens (primary N) is 1. The molecule has 0 unspecified atom stereocenters. The molecule has 1 aliphatic carbocycles. The van der Waals surface area contributed by atoms with E-state index in [4.69, 9.17) is 5.73 Å². The van der Waals surface area contributed by atoms with Crippen LogP contribution in [-0.4, -0.2) is 21.3 Å². The highest BCUT2D eigenvalue weighted by atomic mass is 19.1. The van der Waals surface area contributed by atoms with Crippen LogP contribution in [0.5, 0.6) is 0 Å². The fraction of sp³-hybridized carbons (Fsp3) is 0.750. The van der Waals surface area contributed by atoms with Crippen LogP contribution in [0.2, 0.25) is 0 Å². The summed E-state index contributed by atoms with van der Waals surface area (Å²) in [7, 11) is 0. The molecule has 0 amide bonds. The topological polar surface area (TPSA) is 43.8 Å². The van der Waals surface area contributed by atoms with E-state index in [0.29, 0.717) is 19.3 Å². The fourth-order valence-electron chi connectivity index (χ4n) is 2.41. The summed E-state index contributed by atoms with van der Waals surface area (Å²) in [4.78, 5) is 4.24. The van der Waals surface area contributed by atoms with Crippen LogP contribution < -0.4 is 5.73 Å². The molecule has 1 aliphatic rings. The Morgan fingerprint density at radius 2 is 2.25 bits per heavy atom. The van der Waals surface area contributed by atoms with E-state index in [1.807, 2.05) is 17.7 Å². The smallest absolute Gasteiger partial charge is 0.118 e. The summed E-state index contributed by atoms with van der Waals surface area (Å²) in [5.41, 5.74) is 4.71. The molecule has 90 valence electrons. The lowest BCUT2D eigenvalue weighted by atomic mass is 9.81. The number of aromatic nitrogens is 2. The number of alkyl halides is 1. The average molecular weight is 225 g/mol. The Labute approximate surface area is 95.9 Å². The number of nitrogens with zero attached hydrogens (tertiary/aromatic N) is 2. The summed E-state index contributed by atoms with van der Waals surface area (Å²) in [5, 5.41) is 0. The molecule has 1 fully saturated rings. The Morgan fingerprint density at radius 3 is 2.88 bits per heavy atom. The number of hydrogen-bond acceptors (Lipinski definition) is 2. The second-order valence-electron chi connectivity index (χ2n) is 4.79. The molecule has 1 aromatic heterocycles. The molecule has 1 aromatic rings. The van der Waals surface area contributed by atoms with Gasteiger partial charge in [0.05, 0.1) is 0 Å². The van der Waals surface area contributed by atoms with Crippen LogP contribution in [0, 0.1) is 0 Å². The maximum absolute atomic E-state index is 14.5. The molecule has 4 heteroatoms. The number of aryl methyl sites for hydroxylation is 1. The zero-order chi connectivity index (χ0) is 11.6. The highest BCUT2D eigenvalue weighted by molar-refractivity contribution is 5.01. The number of hydrogen-bond donors (Lipinski definition) is 1. The first-order valence-corrected chi connectivity index (χ1v) is 6.07. The van der Waals surface area contributed by atoms with E-state index in [-0.39, 0.29) is 6.04 Å². The van der Waals surface area contributed by atoms with E-state index in [2.05, 4.69) is 4.98 Å². The Balaban J connectivity index is 2.03. The van der Waals surface area contributed by atoms with Crippen molar-refractivity contribution >= 4 is 0 Å². The van der Waals surface area contributed by atoms with Gasteiger partial charge in [-0.3, -0.25) is 0 Å². The van der Waals surface area contributed by atoms with Crippen molar-refractivity contribution in [1.82, 2.24) is 9.55 Å². The van der Waals surface area contributed by atoms with Gasteiger partial charge in [0, 0.05) is 31.4 Å². The highest BCUT2D eigenvalue weighted by Crippen LogP contribution is 2.34. The summed E-state index contributed by atoms with van der Waals surface area (Å²) in [6.07, 6.45) is 6.83. The molecule has 0 radical (unpaired) electrons. The maximum atomic E-state index is 14.5. The third-order valence-corrected chi connectivity index (χ3v) is 3.54. The van der Waals surface area contributed by atoms with Gasteiger partial charge in [0.2, 0.25) is 0 Å². The molecule has 1 saturated carbocycles. The monoisotopic (exact) mass is 225 g/mol. The Kier molecular flexibility index (Phi) is 3.28. The number of halogens is 1. The van der Waals surface area contributed by atoms with Crippen LogP contribution >= 0.6 is 0 Å². The van der Waals surface area contributed by atoms with E-state index in [1.54, 1.807) is 6.20 Å². The van der Waals surface area contributed by atoms with E-state index in [1.165, 1.54) is 0 Å². The van der Waals surface area contributed by atoms with E-state index in [9.17, 15) is 4.39 Å². The molecular weight excluding hydrogens is 205 g/mol. The summed E-state index contributed by atoms with van der Waals surface area (Å²) < 4.78 is 16.5. The van der Waals surface area contributed by atoms with Gasteiger partial charge < -0.3 is 10.3 Å². The van der Waals surface area contributed by atoms with Gasteiger partial charge in [-0.25, -0.2) is 9.37 Å². The first-order chi connectivity index (χ1) is 7.63. The first kappa shape index (κ1) is 11.6. The third kappa shape index (κ3) is 2.43. The lowest BCUT2D eigenvalue weighted by Crippen LogP contribution is -2.37. The van der Waals surface area contributed by atoms with Crippen molar-refractivity contribution in [1.29, 1.82) is 0 Å². The van der Waals surface area contributed by atoms with Crippen LogP contribution in [0.4, 0.5) is 4.39 Å². The summed E-state index contributed by atoms with van der Waals surface area (Å²) >= 11 is 0. The molecule has 0 atom stereocenters. The van der Waals surface area contributed by atoms with Crippen molar-refractivity contribution in [3.8, 4) is 0 Å². The molecular formula is C12H20FN3. The second-order valence-corrected chi connectivity index (χ2v) is 4.79. The molecule has 0 aliphatic heterocycles. The Hall–Kier alpha value is -0.900. The van der Waals surface area contributed by atoms with Gasteiger partial charge in [-0.2, -0.15) is 0 Å². The van der Waals surface area contributed by atoms with Gasteiger partial charge in [0.15, 0.2) is 0 Å². The van der Waals surface area contributed by atoms with Crippen LogP contribution in [0.25, 0.3) is 0 Å². The van der Waals surface area contributed by atoms with Crippen LogP contribution in [0.1, 0.15) is 38.4 Å². The number of imidazole rings is 1. The van der Waals surface area contributed by atoms with Crippen molar-refractivity contribution in [2.45, 2.75) is 57.3 Å². The Morgan fingerprint density at radius 1 is 1.56 bits per heavy atom. The zero-order valence-electron chi connectivity index (χ0n) is 9.82. The van der Waals surface area contributed by atoms with Gasteiger partial charge >= 0.3 is 0 Å². The van der Waals surface area contributed by atoms with Crippen LogP contribution in [0.3, 0.4) is 0 Å². The lowest BCUT2D eigenvalue weighted by molar-refractivity contribution is 0.0961. The predicted octanol–water partition coefficient (Wildman–Crippen LogP) is 2.06. The summed E-state index contributed by atoms with van der Waals surface area (Å²) in [5.74, 6) is 0.862. The van der Waals surface area contributed by atoms with E-state index in [0.717, 1.165) is 25.2 Å². The number of rotatable bonds is 3. The third-order valence-electron chi connectivity index (χ3n) is 3.54. The van der Waals surface area contributed by atoms with Crippen molar-refractivity contribution in [2.24, 2.45) is 5.73 Å². The maximum Gasteiger partial charge on any atom is 0.118 e. The van der Waals surface area contributed by atoms with Gasteiger partial charge in [-0.05, 0) is 32.6 Å². The summed E-state index contributed by atoms with van der Waals surface area (Å²) in [6.45, 7) is 2.90. The van der Waals surface area contributed by atoms with Crippen LogP contribution in [0.15, 0.2) is 12.4 Å². The van der Waals surface area contributed by atoms with Gasteiger partial charge in [0.1, 0.15) is 11.5 Å². The van der Waals surface area contributed by atoms with Crippen molar-refractivity contribution < 1.29 is 4.39 Å². The fourth-order valence-corrected chi connectivity index (χ4v) is 2.41. The average Bonchev–Trinajstić information content (AvgIpc) is 2.70. The minimum atomic E-state index is -1.09. The largest absolute Gasteiger partial charge is 0.335 e. The van der Waals surface area contributed by atoms with Crippen molar-refractivity contribution in [3.05, 3.63) is 18.2 Å². The molecule has 2 N–H and O–H groups in total. The quantitative estimate of drug-likeness (QED) is 0.855. The van der Waals surface area contributed by atoms with E-state index < -0.39 is 5.67 Å². The van der Waals surface area contributed by atoms with Crippen molar-refractivity contribution in [2.75, 3.05) is 0 Å². The standard InChI is InChI=1S/C12H20FN3/c1-2-16-8-7-15-11(16)9-12(13)5-3-10(14)4-6-12/h7-8,10H,2-6,9,14H2,1H3. The zero-order valence-corrected chi connectivity index (χ0v) is 9.82. The first-order valence-electron chi connectivity index (χ1n) is 6.07. The molecule has 0 bridgehead atoms. The predicted molar refractivity (Wildman–Crippen MR) is 61.9 cm³/mol. The van der Waals surface area contributed by atoms with Gasteiger partial charge in [0.25, 0.3) is 0 Å². The van der Waals surface area contributed by atoms with Gasteiger partial charge in [-0.15, -0.1) is 0 Å². The van der Waals surface area contributed by atoms with Gasteiger partial charge in [-0.1, -0.05) is 0 Å². The molecule has 16 heavy (non-hydrogen) atoms. The minimum Gasteiger partial charge on any atom is -0.335 e. The molecule has 0 aromatic carbocycles. The Bertz CT molecular complexity index is 340. The molecule has 0 saturated heterocycles. The van der Waals surface area contributed by atoms with Crippen LogP contribution in [-0.2, 0) is 13.0 Å². The van der Waals surface area contributed by atoms with E-state index >= 15 is 0 Å². The molecule has 2 rings (SSSR count). The SMILES string of the molecule is CCn1ccnc1CC1(F)CCC(N)CC1. The summed E-state index contributed by atoms with van der Waals surface area (Å²) in [6, 6.07) is 0.190. The van der Waals surface area contributed by atoms with Crippen molar-refractivity contribution in [3.63, 3.8) is 0 Å². The highest BCUT2D eigenvalue weighted by Gasteiger charge is 2.35. The molecule has 0 spiro atoms. The minimum absolute atomic E-state index is 0.190. The molecule has 3 nitrogen and oxygen atoms in total.